The highest BCUT2D eigenvalue weighted by Gasteiger charge is 2.28. The van der Waals surface area contributed by atoms with Gasteiger partial charge in [-0.15, -0.1) is 10.2 Å². The van der Waals surface area contributed by atoms with Gasteiger partial charge in [-0.1, -0.05) is 48.5 Å². The molecule has 3 aromatic rings. The maximum atomic E-state index is 12.7. The summed E-state index contributed by atoms with van der Waals surface area (Å²) < 4.78 is 0. The van der Waals surface area contributed by atoms with Gasteiger partial charge in [0.05, 0.1) is 0 Å². The highest BCUT2D eigenvalue weighted by Crippen LogP contribution is 2.36. The molecule has 0 bridgehead atoms. The van der Waals surface area contributed by atoms with Crippen LogP contribution in [0.5, 0.6) is 0 Å². The van der Waals surface area contributed by atoms with Gasteiger partial charge in [-0.3, -0.25) is 4.79 Å². The van der Waals surface area contributed by atoms with E-state index in [0.717, 1.165) is 17.8 Å². The first kappa shape index (κ1) is 17.2. The van der Waals surface area contributed by atoms with Gasteiger partial charge in [0.1, 0.15) is 0 Å². The van der Waals surface area contributed by atoms with Crippen molar-refractivity contribution in [2.24, 2.45) is 0 Å². The van der Waals surface area contributed by atoms with E-state index < -0.39 is 0 Å². The van der Waals surface area contributed by atoms with Gasteiger partial charge < -0.3 is 9.80 Å². The molecule has 2 aromatic carbocycles. The number of hydrogen-bond donors (Lipinski definition) is 0. The number of carbonyl (C=O) groups excluding carboxylic acids is 1. The van der Waals surface area contributed by atoms with Crippen LogP contribution in [-0.2, 0) is 13.0 Å². The second kappa shape index (κ2) is 7.19. The first-order valence-corrected chi connectivity index (χ1v) is 9.14. The third kappa shape index (κ3) is 3.40. The number of amides is 1. The average molecular weight is 358 g/mol. The molecule has 5 heteroatoms. The molecule has 0 N–H and O–H groups in total. The number of para-hydroxylation sites is 1. The lowest BCUT2D eigenvalue weighted by molar-refractivity contribution is 0.0778. The van der Waals surface area contributed by atoms with E-state index in [9.17, 15) is 4.79 Å². The lowest BCUT2D eigenvalue weighted by Crippen LogP contribution is -2.28. The Morgan fingerprint density at radius 2 is 1.78 bits per heavy atom. The van der Waals surface area contributed by atoms with Crippen molar-refractivity contribution in [2.75, 3.05) is 11.9 Å². The second-order valence-corrected chi connectivity index (χ2v) is 6.98. The van der Waals surface area contributed by atoms with Crippen molar-refractivity contribution < 1.29 is 4.79 Å². The van der Waals surface area contributed by atoms with Crippen molar-refractivity contribution in [1.82, 2.24) is 15.1 Å². The molecule has 4 rings (SSSR count). The first-order valence-electron chi connectivity index (χ1n) is 9.14. The quantitative estimate of drug-likeness (QED) is 0.711. The van der Waals surface area contributed by atoms with Crippen LogP contribution in [0.4, 0.5) is 11.5 Å². The molecule has 5 nitrogen and oxygen atoms in total. The smallest absolute Gasteiger partial charge is 0.274 e. The molecule has 1 atom stereocenters. The van der Waals surface area contributed by atoms with Gasteiger partial charge in [-0.2, -0.15) is 0 Å². The van der Waals surface area contributed by atoms with E-state index in [1.54, 1.807) is 18.0 Å². The van der Waals surface area contributed by atoms with Crippen LogP contribution in [0.2, 0.25) is 0 Å². The van der Waals surface area contributed by atoms with E-state index in [0.29, 0.717) is 18.3 Å². The van der Waals surface area contributed by atoms with Crippen molar-refractivity contribution in [3.8, 4) is 0 Å². The van der Waals surface area contributed by atoms with Crippen LogP contribution in [0.1, 0.15) is 28.5 Å². The van der Waals surface area contributed by atoms with Crippen molar-refractivity contribution in [1.29, 1.82) is 0 Å². The fourth-order valence-corrected chi connectivity index (χ4v) is 3.61. The summed E-state index contributed by atoms with van der Waals surface area (Å²) in [7, 11) is 1.78. The van der Waals surface area contributed by atoms with Crippen molar-refractivity contribution in [3.05, 3.63) is 83.6 Å². The molecule has 1 unspecified atom stereocenters. The Bertz CT molecular complexity index is 940. The lowest BCUT2D eigenvalue weighted by atomic mass is 10.1. The summed E-state index contributed by atoms with van der Waals surface area (Å²) in [6, 6.07) is 22.2. The number of hydrogen-bond acceptors (Lipinski definition) is 4. The number of aromatic nitrogens is 2. The van der Waals surface area contributed by atoms with Gasteiger partial charge in [-0.05, 0) is 42.7 Å². The lowest BCUT2D eigenvalue weighted by Gasteiger charge is -2.23. The molecule has 0 fully saturated rings. The molecule has 0 spiro atoms. The molecule has 0 radical (unpaired) electrons. The van der Waals surface area contributed by atoms with Gasteiger partial charge in [-0.25, -0.2) is 0 Å². The van der Waals surface area contributed by atoms with Crippen LogP contribution in [0.3, 0.4) is 0 Å². The Morgan fingerprint density at radius 1 is 1.04 bits per heavy atom. The molecule has 1 aliphatic rings. The minimum Gasteiger partial charge on any atom is -0.336 e. The summed E-state index contributed by atoms with van der Waals surface area (Å²) >= 11 is 0. The van der Waals surface area contributed by atoms with Gasteiger partial charge in [0, 0.05) is 25.3 Å². The van der Waals surface area contributed by atoms with E-state index in [1.165, 1.54) is 11.3 Å². The normalized spacial score (nSPS) is 15.5. The Hall–Kier alpha value is -3.21. The number of benzene rings is 2. The molecule has 27 heavy (non-hydrogen) atoms. The predicted octanol–water partition coefficient (Wildman–Crippen LogP) is 3.83. The summed E-state index contributed by atoms with van der Waals surface area (Å²) in [6.45, 7) is 2.72. The standard InChI is InChI=1S/C22H22N4O/c1-16-14-18-10-6-7-11-20(18)26(16)21-13-12-19(23-24-21)22(27)25(2)15-17-8-4-3-5-9-17/h3-13,16H,14-15H2,1-2H3. The molecular formula is C22H22N4O. The summed E-state index contributed by atoms with van der Waals surface area (Å²) in [5, 5.41) is 8.56. The molecule has 2 heterocycles. The molecule has 1 aliphatic heterocycles. The largest absolute Gasteiger partial charge is 0.336 e. The number of carbonyl (C=O) groups is 1. The second-order valence-electron chi connectivity index (χ2n) is 6.98. The number of fused-ring (bicyclic) bond motifs is 1. The van der Waals surface area contributed by atoms with E-state index in [-0.39, 0.29) is 5.91 Å². The van der Waals surface area contributed by atoms with E-state index in [1.807, 2.05) is 42.5 Å². The third-order valence-electron chi connectivity index (χ3n) is 4.93. The van der Waals surface area contributed by atoms with E-state index in [2.05, 4.69) is 40.2 Å². The number of nitrogens with zero attached hydrogens (tertiary/aromatic N) is 4. The minimum absolute atomic E-state index is 0.132. The summed E-state index contributed by atoms with van der Waals surface area (Å²) in [4.78, 5) is 16.5. The number of anilines is 2. The molecule has 136 valence electrons. The Kier molecular flexibility index (Phi) is 4.59. The van der Waals surface area contributed by atoms with Crippen molar-refractivity contribution >= 4 is 17.4 Å². The summed E-state index contributed by atoms with van der Waals surface area (Å²) in [5.41, 5.74) is 3.92. The monoisotopic (exact) mass is 358 g/mol. The third-order valence-corrected chi connectivity index (χ3v) is 4.93. The summed E-state index contributed by atoms with van der Waals surface area (Å²) in [6.07, 6.45) is 0.984. The molecule has 0 saturated heterocycles. The van der Waals surface area contributed by atoms with Gasteiger partial charge in [0.25, 0.3) is 5.91 Å². The molecule has 1 amide bonds. The van der Waals surface area contributed by atoms with E-state index >= 15 is 0 Å². The minimum atomic E-state index is -0.132. The van der Waals surface area contributed by atoms with Gasteiger partial charge in [0.2, 0.25) is 0 Å². The highest BCUT2D eigenvalue weighted by atomic mass is 16.2. The maximum absolute atomic E-state index is 12.7. The van der Waals surface area contributed by atoms with Crippen molar-refractivity contribution in [2.45, 2.75) is 25.9 Å². The average Bonchev–Trinajstić information content (AvgIpc) is 3.04. The topological polar surface area (TPSA) is 49.3 Å². The summed E-state index contributed by atoms with van der Waals surface area (Å²) in [5.74, 6) is 0.641. The Balaban J connectivity index is 1.51. The Labute approximate surface area is 159 Å². The van der Waals surface area contributed by atoms with Crippen LogP contribution in [0, 0.1) is 0 Å². The van der Waals surface area contributed by atoms with Crippen LogP contribution in [0.15, 0.2) is 66.7 Å². The van der Waals surface area contributed by atoms with Gasteiger partial charge >= 0.3 is 0 Å². The zero-order chi connectivity index (χ0) is 18.8. The zero-order valence-electron chi connectivity index (χ0n) is 15.5. The predicted molar refractivity (Wildman–Crippen MR) is 106 cm³/mol. The Morgan fingerprint density at radius 3 is 2.52 bits per heavy atom. The van der Waals surface area contributed by atoms with Crippen molar-refractivity contribution in [3.63, 3.8) is 0 Å². The number of rotatable bonds is 4. The van der Waals surface area contributed by atoms with Crippen LogP contribution >= 0.6 is 0 Å². The van der Waals surface area contributed by atoms with Crippen LogP contribution in [0.25, 0.3) is 0 Å². The zero-order valence-corrected chi connectivity index (χ0v) is 15.5. The van der Waals surface area contributed by atoms with Crippen LogP contribution < -0.4 is 4.90 Å². The molecule has 0 saturated carbocycles. The maximum Gasteiger partial charge on any atom is 0.274 e. The SMILES string of the molecule is CC1Cc2ccccc2N1c1ccc(C(=O)N(C)Cc2ccccc2)nn1. The van der Waals surface area contributed by atoms with Crippen LogP contribution in [-0.4, -0.2) is 34.1 Å². The first-order chi connectivity index (χ1) is 13.1. The van der Waals surface area contributed by atoms with E-state index in [4.69, 9.17) is 0 Å². The van der Waals surface area contributed by atoms with Gasteiger partial charge in [0.15, 0.2) is 11.5 Å². The fraction of sp³-hybridized carbons (Fsp3) is 0.227. The molecule has 1 aromatic heterocycles. The molecule has 0 aliphatic carbocycles. The fourth-order valence-electron chi connectivity index (χ4n) is 3.61. The molecular weight excluding hydrogens is 336 g/mol. The highest BCUT2D eigenvalue weighted by molar-refractivity contribution is 5.92.